The molecule has 0 aromatic rings. The van der Waals surface area contributed by atoms with Crippen molar-refractivity contribution in [1.82, 2.24) is 0 Å². The van der Waals surface area contributed by atoms with Gasteiger partial charge in [0.2, 0.25) is 5.78 Å². The van der Waals surface area contributed by atoms with Crippen molar-refractivity contribution in [3.8, 4) is 0 Å². The Morgan fingerprint density at radius 2 is 1.58 bits per heavy atom. The summed E-state index contributed by atoms with van der Waals surface area (Å²) >= 11 is 11.4. The Morgan fingerprint density at radius 1 is 1.08 bits per heavy atom. The summed E-state index contributed by atoms with van der Waals surface area (Å²) in [7, 11) is 0. The molecule has 0 bridgehead atoms. The molecule has 0 spiro atoms. The average Bonchev–Trinajstić information content (AvgIpc) is 2.08. The van der Waals surface area contributed by atoms with E-state index in [9.17, 15) is 4.79 Å². The van der Waals surface area contributed by atoms with Crippen molar-refractivity contribution in [2.75, 3.05) is 0 Å². The lowest BCUT2D eigenvalue weighted by molar-refractivity contribution is -0.111. The number of ketones is 1. The van der Waals surface area contributed by atoms with Gasteiger partial charge in [-0.25, -0.2) is 0 Å². The summed E-state index contributed by atoms with van der Waals surface area (Å²) in [6.07, 6.45) is 0. The smallest absolute Gasteiger partial charge is 0.201 e. The van der Waals surface area contributed by atoms with E-state index in [-0.39, 0.29) is 15.8 Å². The molecular weight excluding hydrogens is 195 g/mol. The van der Waals surface area contributed by atoms with Crippen LogP contribution in [0.25, 0.3) is 0 Å². The second-order valence-electron chi connectivity index (χ2n) is 2.69. The highest BCUT2D eigenvalue weighted by Crippen LogP contribution is 2.34. The molecule has 0 radical (unpaired) electrons. The fourth-order valence-electron chi connectivity index (χ4n) is 0.958. The van der Waals surface area contributed by atoms with Gasteiger partial charge >= 0.3 is 0 Å². The first-order valence-electron chi connectivity index (χ1n) is 3.44. The number of hydrogen-bond acceptors (Lipinski definition) is 1. The first-order valence-corrected chi connectivity index (χ1v) is 4.19. The van der Waals surface area contributed by atoms with Gasteiger partial charge in [0.1, 0.15) is 5.03 Å². The lowest BCUT2D eigenvalue weighted by atomic mass is 9.95. The van der Waals surface area contributed by atoms with Gasteiger partial charge in [-0.1, -0.05) is 29.8 Å². The first kappa shape index (κ1) is 9.56. The first-order chi connectivity index (χ1) is 5.46. The van der Waals surface area contributed by atoms with Crippen LogP contribution in [0, 0.1) is 0 Å². The van der Waals surface area contributed by atoms with Gasteiger partial charge in [-0.2, -0.15) is 0 Å². The third-order valence-corrected chi connectivity index (χ3v) is 2.89. The Kier molecular flexibility index (Phi) is 2.45. The molecule has 0 unspecified atom stereocenters. The number of carbonyl (C=O) groups excluding carboxylic acids is 1. The fourth-order valence-corrected chi connectivity index (χ4v) is 1.44. The van der Waals surface area contributed by atoms with Crippen LogP contribution in [0.5, 0.6) is 0 Å². The highest BCUT2D eigenvalue weighted by Gasteiger charge is 2.23. The summed E-state index contributed by atoms with van der Waals surface area (Å²) < 4.78 is 0. The number of carbonyl (C=O) groups is 1. The van der Waals surface area contributed by atoms with Crippen molar-refractivity contribution in [3.05, 3.63) is 33.4 Å². The van der Waals surface area contributed by atoms with Gasteiger partial charge in [0.15, 0.2) is 0 Å². The molecule has 1 aliphatic rings. The van der Waals surface area contributed by atoms with Crippen LogP contribution in [0.15, 0.2) is 33.4 Å². The van der Waals surface area contributed by atoms with Gasteiger partial charge in [-0.05, 0) is 25.0 Å². The maximum Gasteiger partial charge on any atom is 0.201 e. The summed E-state index contributed by atoms with van der Waals surface area (Å²) in [5.74, 6) is -0.202. The zero-order chi connectivity index (χ0) is 9.46. The molecule has 0 heterocycles. The number of halogens is 2. The maximum atomic E-state index is 11.3. The number of allylic oxidation sites excluding steroid dienone is 5. The molecule has 1 nitrogen and oxygen atoms in total. The van der Waals surface area contributed by atoms with Crippen LogP contribution in [0.4, 0.5) is 0 Å². The van der Waals surface area contributed by atoms with E-state index in [1.54, 1.807) is 13.8 Å². The van der Waals surface area contributed by atoms with Crippen LogP contribution in [0.3, 0.4) is 0 Å². The Hall–Kier alpha value is -0.530. The number of hydrogen-bond donors (Lipinski definition) is 0. The zero-order valence-electron chi connectivity index (χ0n) is 6.87. The van der Waals surface area contributed by atoms with E-state index in [1.165, 1.54) is 0 Å². The standard InChI is InChI=1S/C9H8Cl2O/c1-4-5(2)7(10)8(11)9(12)6(4)3/h2H2,1,3H3. The Morgan fingerprint density at radius 3 is 2.08 bits per heavy atom. The lowest BCUT2D eigenvalue weighted by Gasteiger charge is -2.16. The molecule has 0 N–H and O–H groups in total. The second-order valence-corrected chi connectivity index (χ2v) is 3.44. The van der Waals surface area contributed by atoms with Gasteiger partial charge in [0.25, 0.3) is 0 Å². The summed E-state index contributed by atoms with van der Waals surface area (Å²) in [4.78, 5) is 11.3. The van der Waals surface area contributed by atoms with Crippen LogP contribution in [-0.2, 0) is 4.79 Å². The molecule has 12 heavy (non-hydrogen) atoms. The van der Waals surface area contributed by atoms with Crippen molar-refractivity contribution in [2.24, 2.45) is 0 Å². The SMILES string of the molecule is C=C1C(C)=C(C)C(=O)C(Cl)=C1Cl. The molecule has 0 aromatic heterocycles. The Bertz CT molecular complexity index is 272. The van der Waals surface area contributed by atoms with Gasteiger partial charge in [0.05, 0.1) is 5.03 Å². The summed E-state index contributed by atoms with van der Waals surface area (Å²) in [6.45, 7) is 7.25. The van der Waals surface area contributed by atoms with E-state index in [2.05, 4.69) is 6.58 Å². The molecule has 0 atom stereocenters. The maximum absolute atomic E-state index is 11.3. The third-order valence-electron chi connectivity index (χ3n) is 2.01. The van der Waals surface area contributed by atoms with Crippen LogP contribution >= 0.6 is 23.2 Å². The van der Waals surface area contributed by atoms with Crippen molar-refractivity contribution in [2.45, 2.75) is 13.8 Å². The monoisotopic (exact) mass is 202 g/mol. The largest absolute Gasteiger partial charge is 0.288 e. The van der Waals surface area contributed by atoms with E-state index in [4.69, 9.17) is 23.2 Å². The topological polar surface area (TPSA) is 17.1 Å². The molecule has 3 heteroatoms. The van der Waals surface area contributed by atoms with Gasteiger partial charge in [-0.3, -0.25) is 4.79 Å². The van der Waals surface area contributed by atoms with E-state index in [1.807, 2.05) is 0 Å². The van der Waals surface area contributed by atoms with E-state index in [0.29, 0.717) is 11.1 Å². The minimum Gasteiger partial charge on any atom is -0.288 e. The summed E-state index contributed by atoms with van der Waals surface area (Å²) in [5.41, 5.74) is 2.07. The summed E-state index contributed by atoms with van der Waals surface area (Å²) in [5, 5.41) is 0.342. The molecule has 1 aliphatic carbocycles. The van der Waals surface area contributed by atoms with Crippen molar-refractivity contribution in [3.63, 3.8) is 0 Å². The van der Waals surface area contributed by atoms with Gasteiger partial charge in [-0.15, -0.1) is 0 Å². The predicted octanol–water partition coefficient (Wildman–Crippen LogP) is 3.15. The minimum atomic E-state index is -0.202. The average molecular weight is 203 g/mol. The molecule has 0 saturated heterocycles. The van der Waals surface area contributed by atoms with Crippen molar-refractivity contribution < 1.29 is 4.79 Å². The van der Waals surface area contributed by atoms with Crippen molar-refractivity contribution in [1.29, 1.82) is 0 Å². The predicted molar refractivity (Wildman–Crippen MR) is 51.3 cm³/mol. The van der Waals surface area contributed by atoms with Crippen molar-refractivity contribution >= 4 is 29.0 Å². The molecule has 1 rings (SSSR count). The minimum absolute atomic E-state index is 0.0739. The lowest BCUT2D eigenvalue weighted by Crippen LogP contribution is -2.10. The molecular formula is C9H8Cl2O. The number of rotatable bonds is 0. The molecule has 0 aromatic carbocycles. The highest BCUT2D eigenvalue weighted by molar-refractivity contribution is 6.52. The second kappa shape index (κ2) is 3.08. The van der Waals surface area contributed by atoms with Crippen LogP contribution in [-0.4, -0.2) is 5.78 Å². The van der Waals surface area contributed by atoms with E-state index >= 15 is 0 Å². The molecule has 0 amide bonds. The van der Waals surface area contributed by atoms with E-state index in [0.717, 1.165) is 5.57 Å². The Labute approximate surface area is 81.4 Å². The highest BCUT2D eigenvalue weighted by atomic mass is 35.5. The van der Waals surface area contributed by atoms with Gasteiger partial charge in [0, 0.05) is 5.57 Å². The quantitative estimate of drug-likeness (QED) is 0.590. The van der Waals surface area contributed by atoms with E-state index < -0.39 is 0 Å². The molecule has 64 valence electrons. The van der Waals surface area contributed by atoms with Crippen LogP contribution in [0.1, 0.15) is 13.8 Å². The normalized spacial score (nSPS) is 19.3. The summed E-state index contributed by atoms with van der Waals surface area (Å²) in [6, 6.07) is 0. The van der Waals surface area contributed by atoms with Crippen LogP contribution < -0.4 is 0 Å². The molecule has 0 fully saturated rings. The molecule has 0 saturated carbocycles. The fraction of sp³-hybridized carbons (Fsp3) is 0.222. The third kappa shape index (κ3) is 1.23. The molecule has 0 aliphatic heterocycles. The Balaban J connectivity index is 3.32. The van der Waals surface area contributed by atoms with Crippen LogP contribution in [0.2, 0.25) is 0 Å². The van der Waals surface area contributed by atoms with Gasteiger partial charge < -0.3 is 0 Å². The number of Topliss-reactive ketones (excluding diaryl/α,β-unsaturated/α-hetero) is 1. The zero-order valence-corrected chi connectivity index (χ0v) is 8.38.